The van der Waals surface area contributed by atoms with Crippen LogP contribution in [0.25, 0.3) is 117 Å². The molecule has 0 N–H and O–H groups in total. The minimum absolute atomic E-state index is 0.462. The molecule has 0 amide bonds. The minimum Gasteiger partial charge on any atom is -0.456 e. The number of nitrogens with zero attached hydrogens (tertiary/aromatic N) is 4. The lowest BCUT2D eigenvalue weighted by atomic mass is 9.70. The lowest BCUT2D eigenvalue weighted by Gasteiger charge is -2.30. The summed E-state index contributed by atoms with van der Waals surface area (Å²) in [6.07, 6.45) is 0. The van der Waals surface area contributed by atoms with Crippen molar-refractivity contribution in [2.24, 2.45) is 0 Å². The van der Waals surface area contributed by atoms with E-state index in [4.69, 9.17) is 23.8 Å². The Bertz CT molecular complexity index is 3990. The van der Waals surface area contributed by atoms with E-state index in [2.05, 4.69) is 138 Å². The summed E-state index contributed by atoms with van der Waals surface area (Å²) in [5.41, 5.74) is 17.0. The van der Waals surface area contributed by atoms with E-state index < -0.39 is 5.41 Å². The molecule has 0 saturated carbocycles. The smallest absolute Gasteiger partial charge is 0.238 e. The third-order valence-electron chi connectivity index (χ3n) is 13.9. The number of furan rings is 2. The number of rotatable bonds is 3. The second-order valence-corrected chi connectivity index (χ2v) is 17.0. The van der Waals surface area contributed by atoms with Crippen molar-refractivity contribution in [3.63, 3.8) is 0 Å². The molecular formula is C58H32N4O2. The topological polar surface area (TPSA) is 69.9 Å². The highest BCUT2D eigenvalue weighted by molar-refractivity contribution is 6.19. The number of hydrogen-bond acceptors (Lipinski definition) is 5. The van der Waals surface area contributed by atoms with Crippen molar-refractivity contribution in [3.05, 3.63) is 216 Å². The van der Waals surface area contributed by atoms with Crippen molar-refractivity contribution in [2.45, 2.75) is 5.41 Å². The molecule has 0 bridgehead atoms. The summed E-state index contributed by atoms with van der Waals surface area (Å²) in [5, 5.41) is 6.44. The van der Waals surface area contributed by atoms with Crippen molar-refractivity contribution in [2.75, 3.05) is 0 Å². The molecule has 4 heterocycles. The lowest BCUT2D eigenvalue weighted by Crippen LogP contribution is -2.25. The number of para-hydroxylation sites is 3. The SMILES string of the molecule is c1ccc2c(c1)-c1ccccc1C21c2ccccc2-c2c1ccc1c2c2ccccc2n1-c1nc(-c2ccc3oc4ccccc4c3c2)nc(-c2ccc3oc4ccccc4c3c2)n1. The third kappa shape index (κ3) is 4.31. The van der Waals surface area contributed by atoms with Crippen molar-refractivity contribution in [3.8, 4) is 51.0 Å². The summed E-state index contributed by atoms with van der Waals surface area (Å²) in [6.45, 7) is 0. The summed E-state index contributed by atoms with van der Waals surface area (Å²) < 4.78 is 14.7. The van der Waals surface area contributed by atoms with Crippen molar-refractivity contribution < 1.29 is 8.83 Å². The molecule has 15 rings (SSSR count). The predicted octanol–water partition coefficient (Wildman–Crippen LogP) is 14.4. The van der Waals surface area contributed by atoms with Gasteiger partial charge in [0.15, 0.2) is 11.6 Å². The molecule has 0 fully saturated rings. The first-order chi connectivity index (χ1) is 31.7. The Kier molecular flexibility index (Phi) is 6.53. The highest BCUT2D eigenvalue weighted by Crippen LogP contribution is 2.64. The zero-order valence-corrected chi connectivity index (χ0v) is 34.1. The van der Waals surface area contributed by atoms with Crippen molar-refractivity contribution in [1.82, 2.24) is 19.5 Å². The zero-order valence-electron chi connectivity index (χ0n) is 34.1. The van der Waals surface area contributed by atoms with E-state index >= 15 is 0 Å². The van der Waals surface area contributed by atoms with Gasteiger partial charge in [-0.05, 0) is 105 Å². The fourth-order valence-corrected chi connectivity index (χ4v) is 11.3. The van der Waals surface area contributed by atoms with Gasteiger partial charge in [0.2, 0.25) is 5.95 Å². The standard InChI is InChI=1S/C58H32N4O2/c1-7-19-43-35(13-1)36-14-2-8-20-44(36)58(43)45-21-9-3-17-39(45)53-46(58)27-28-48-54(53)40-18-4-10-22-47(40)62(48)57-60-55(33-25-29-51-41(31-33)37-15-5-11-23-49(37)63-51)59-56(61-57)34-26-30-52-42(32-34)38-16-6-12-24-50(38)64-52/h1-32H. The average Bonchev–Trinajstić information content (AvgIpc) is 4.15. The van der Waals surface area contributed by atoms with E-state index in [9.17, 15) is 0 Å². The molecule has 296 valence electrons. The van der Waals surface area contributed by atoms with Crippen LogP contribution in [0.1, 0.15) is 22.3 Å². The number of benzene rings is 9. The van der Waals surface area contributed by atoms with E-state index in [0.717, 1.165) is 71.4 Å². The Balaban J connectivity index is 1.03. The lowest BCUT2D eigenvalue weighted by molar-refractivity contribution is 0.668. The monoisotopic (exact) mass is 816 g/mol. The van der Waals surface area contributed by atoms with Crippen LogP contribution in [-0.4, -0.2) is 19.5 Å². The van der Waals surface area contributed by atoms with Gasteiger partial charge in [0.25, 0.3) is 0 Å². The van der Waals surface area contributed by atoms with Gasteiger partial charge in [0.1, 0.15) is 22.3 Å². The van der Waals surface area contributed by atoms with Crippen LogP contribution in [0.2, 0.25) is 0 Å². The van der Waals surface area contributed by atoms with Gasteiger partial charge >= 0.3 is 0 Å². The summed E-state index contributed by atoms with van der Waals surface area (Å²) in [7, 11) is 0. The van der Waals surface area contributed by atoms with Gasteiger partial charge in [-0.25, -0.2) is 4.98 Å². The maximum Gasteiger partial charge on any atom is 0.238 e. The average molecular weight is 817 g/mol. The molecule has 13 aromatic rings. The molecule has 0 unspecified atom stereocenters. The molecule has 0 radical (unpaired) electrons. The molecule has 4 aromatic heterocycles. The molecule has 0 saturated heterocycles. The molecule has 9 aromatic carbocycles. The van der Waals surface area contributed by atoms with E-state index in [0.29, 0.717) is 17.6 Å². The Labute approximate surface area is 365 Å². The van der Waals surface area contributed by atoms with Crippen LogP contribution < -0.4 is 0 Å². The highest BCUT2D eigenvalue weighted by Gasteiger charge is 2.52. The minimum atomic E-state index is -0.462. The predicted molar refractivity (Wildman–Crippen MR) is 256 cm³/mol. The van der Waals surface area contributed by atoms with Gasteiger partial charge in [-0.1, -0.05) is 133 Å². The number of fused-ring (bicyclic) bond motifs is 20. The largest absolute Gasteiger partial charge is 0.456 e. The first-order valence-electron chi connectivity index (χ1n) is 21.7. The van der Waals surface area contributed by atoms with Gasteiger partial charge in [-0.2, -0.15) is 9.97 Å². The summed E-state index contributed by atoms with van der Waals surface area (Å²) in [4.78, 5) is 16.1. The van der Waals surface area contributed by atoms with Crippen LogP contribution in [0.15, 0.2) is 203 Å². The Morgan fingerprint density at radius 2 is 0.844 bits per heavy atom. The molecule has 6 heteroatoms. The van der Waals surface area contributed by atoms with Crippen molar-refractivity contribution in [1.29, 1.82) is 0 Å². The van der Waals surface area contributed by atoms with Crippen LogP contribution >= 0.6 is 0 Å². The second kappa shape index (κ2) is 12.3. The molecule has 0 aliphatic heterocycles. The van der Waals surface area contributed by atoms with Crippen LogP contribution in [0.3, 0.4) is 0 Å². The first-order valence-corrected chi connectivity index (χ1v) is 21.7. The number of hydrogen-bond donors (Lipinski definition) is 0. The molecule has 1 spiro atoms. The van der Waals surface area contributed by atoms with E-state index in [-0.39, 0.29) is 0 Å². The maximum absolute atomic E-state index is 6.25. The molecule has 2 aliphatic rings. The molecule has 6 nitrogen and oxygen atoms in total. The first kappa shape index (κ1) is 34.0. The Hall–Kier alpha value is -8.61. The van der Waals surface area contributed by atoms with Gasteiger partial charge in [0, 0.05) is 43.4 Å². The summed E-state index contributed by atoms with van der Waals surface area (Å²) in [6, 6.07) is 69.0. The number of aromatic nitrogens is 4. The normalized spacial score (nSPS) is 13.4. The fraction of sp³-hybridized carbons (Fsp3) is 0.0172. The summed E-state index contributed by atoms with van der Waals surface area (Å²) >= 11 is 0. The van der Waals surface area contributed by atoms with Crippen LogP contribution in [0.5, 0.6) is 0 Å². The summed E-state index contributed by atoms with van der Waals surface area (Å²) in [5.74, 6) is 1.68. The van der Waals surface area contributed by atoms with Gasteiger partial charge in [-0.15, -0.1) is 0 Å². The second-order valence-electron chi connectivity index (χ2n) is 17.0. The third-order valence-corrected chi connectivity index (χ3v) is 13.9. The van der Waals surface area contributed by atoms with Gasteiger partial charge in [-0.3, -0.25) is 4.57 Å². The Morgan fingerprint density at radius 3 is 1.45 bits per heavy atom. The maximum atomic E-state index is 6.25. The molecule has 64 heavy (non-hydrogen) atoms. The highest BCUT2D eigenvalue weighted by atomic mass is 16.3. The van der Waals surface area contributed by atoms with Gasteiger partial charge < -0.3 is 8.83 Å². The zero-order chi connectivity index (χ0) is 41.7. The van der Waals surface area contributed by atoms with Crippen LogP contribution in [0, 0.1) is 0 Å². The van der Waals surface area contributed by atoms with E-state index in [1.54, 1.807) is 0 Å². The van der Waals surface area contributed by atoms with Crippen LogP contribution in [0.4, 0.5) is 0 Å². The van der Waals surface area contributed by atoms with Crippen molar-refractivity contribution >= 4 is 65.7 Å². The van der Waals surface area contributed by atoms with Gasteiger partial charge in [0.05, 0.1) is 16.4 Å². The van der Waals surface area contributed by atoms with E-state index in [1.165, 1.54) is 49.9 Å². The molecular weight excluding hydrogens is 785 g/mol. The molecule has 2 aliphatic carbocycles. The fourth-order valence-electron chi connectivity index (χ4n) is 11.3. The van der Waals surface area contributed by atoms with Crippen LogP contribution in [-0.2, 0) is 5.41 Å². The Morgan fingerprint density at radius 1 is 0.359 bits per heavy atom. The van der Waals surface area contributed by atoms with E-state index in [1.807, 2.05) is 60.7 Å². The molecule has 0 atom stereocenters. The quantitative estimate of drug-likeness (QED) is 0.178.